The Hall–Kier alpha value is -3.16. The van der Waals surface area contributed by atoms with Gasteiger partial charge in [-0.05, 0) is 43.7 Å². The number of carbonyl (C=O) groups is 2. The number of amides is 1. The fourth-order valence-corrected chi connectivity index (χ4v) is 4.79. The highest BCUT2D eigenvalue weighted by atomic mass is 32.2. The Morgan fingerprint density at radius 2 is 1.84 bits per heavy atom. The maximum absolute atomic E-state index is 13.0. The predicted octanol–water partition coefficient (Wildman–Crippen LogP) is 6.09. The summed E-state index contributed by atoms with van der Waals surface area (Å²) in [5.74, 6) is 0.709. The third kappa shape index (κ3) is 4.54. The van der Waals surface area contributed by atoms with E-state index in [9.17, 15) is 9.59 Å². The summed E-state index contributed by atoms with van der Waals surface area (Å²) in [4.78, 5) is 27.0. The molecular formula is C25H21NO4S2. The summed E-state index contributed by atoms with van der Waals surface area (Å²) < 4.78 is 11.5. The summed E-state index contributed by atoms with van der Waals surface area (Å²) in [7, 11) is 0. The Labute approximate surface area is 196 Å². The molecule has 5 nitrogen and oxygen atoms in total. The van der Waals surface area contributed by atoms with Gasteiger partial charge in [0.15, 0.2) is 0 Å². The standard InChI is InChI=1S/C25H21NO4S2/c1-3-29-24(28)19-11-9-18(10-12-19)21-14-13-20(30-21)15-22-23(27)26(25(31)32-22)16(2)17-7-5-4-6-8-17/h4-16H,3H2,1-2H3. The monoisotopic (exact) mass is 463 g/mol. The molecular weight excluding hydrogens is 442 g/mol. The molecule has 2 heterocycles. The van der Waals surface area contributed by atoms with Crippen LogP contribution in [0, 0.1) is 0 Å². The number of rotatable bonds is 6. The molecule has 0 radical (unpaired) electrons. The van der Waals surface area contributed by atoms with Gasteiger partial charge in [-0.25, -0.2) is 4.79 Å². The van der Waals surface area contributed by atoms with E-state index in [0.717, 1.165) is 11.1 Å². The highest BCUT2D eigenvalue weighted by Crippen LogP contribution is 2.38. The van der Waals surface area contributed by atoms with Gasteiger partial charge >= 0.3 is 5.97 Å². The van der Waals surface area contributed by atoms with Gasteiger partial charge in [-0.15, -0.1) is 0 Å². The molecule has 1 aromatic heterocycles. The number of hydrogen-bond donors (Lipinski definition) is 0. The minimum atomic E-state index is -0.356. The quantitative estimate of drug-likeness (QED) is 0.251. The second-order valence-electron chi connectivity index (χ2n) is 7.14. The number of carbonyl (C=O) groups excluding carboxylic acids is 2. The number of thioether (sulfide) groups is 1. The highest BCUT2D eigenvalue weighted by molar-refractivity contribution is 8.26. The first-order valence-electron chi connectivity index (χ1n) is 10.2. The summed E-state index contributed by atoms with van der Waals surface area (Å²) in [6.45, 7) is 4.07. The first-order valence-corrected chi connectivity index (χ1v) is 11.4. The lowest BCUT2D eigenvalue weighted by atomic mass is 10.1. The third-order valence-corrected chi connectivity index (χ3v) is 6.40. The number of thiocarbonyl (C=S) groups is 1. The van der Waals surface area contributed by atoms with E-state index >= 15 is 0 Å². The number of ether oxygens (including phenoxy) is 1. The summed E-state index contributed by atoms with van der Waals surface area (Å²) in [6, 6.07) is 20.3. The molecule has 162 valence electrons. The van der Waals surface area contributed by atoms with Crippen molar-refractivity contribution in [2.45, 2.75) is 19.9 Å². The van der Waals surface area contributed by atoms with Crippen LogP contribution in [0.2, 0.25) is 0 Å². The molecule has 7 heteroatoms. The molecule has 0 bridgehead atoms. The molecule has 1 fully saturated rings. The van der Waals surface area contributed by atoms with E-state index in [-0.39, 0.29) is 17.9 Å². The Balaban J connectivity index is 1.51. The van der Waals surface area contributed by atoms with Gasteiger partial charge in [0.25, 0.3) is 5.91 Å². The van der Waals surface area contributed by atoms with Crippen LogP contribution in [0.3, 0.4) is 0 Å². The third-order valence-electron chi connectivity index (χ3n) is 5.07. The second kappa shape index (κ2) is 9.54. The molecule has 1 unspecified atom stereocenters. The lowest BCUT2D eigenvalue weighted by Crippen LogP contribution is -2.30. The van der Waals surface area contributed by atoms with Crippen LogP contribution in [0.15, 0.2) is 76.1 Å². The molecule has 2 aromatic carbocycles. The topological polar surface area (TPSA) is 59.8 Å². The molecule has 0 spiro atoms. The summed E-state index contributed by atoms with van der Waals surface area (Å²) in [5.41, 5.74) is 2.33. The minimum Gasteiger partial charge on any atom is -0.462 e. The van der Waals surface area contributed by atoms with Crippen LogP contribution in [0.25, 0.3) is 17.4 Å². The minimum absolute atomic E-state index is 0.131. The van der Waals surface area contributed by atoms with E-state index in [4.69, 9.17) is 21.4 Å². The van der Waals surface area contributed by atoms with Gasteiger partial charge in [-0.3, -0.25) is 9.69 Å². The smallest absolute Gasteiger partial charge is 0.338 e. The molecule has 0 aliphatic carbocycles. The Morgan fingerprint density at radius 3 is 2.53 bits per heavy atom. The number of benzene rings is 2. The second-order valence-corrected chi connectivity index (χ2v) is 8.81. The fraction of sp³-hybridized carbons (Fsp3) is 0.160. The van der Waals surface area contributed by atoms with Gasteiger partial charge < -0.3 is 9.15 Å². The maximum Gasteiger partial charge on any atom is 0.338 e. The molecule has 0 saturated carbocycles. The number of esters is 1. The first-order chi connectivity index (χ1) is 15.5. The van der Waals surface area contributed by atoms with Crippen LogP contribution >= 0.6 is 24.0 Å². The van der Waals surface area contributed by atoms with Crippen molar-refractivity contribution in [1.82, 2.24) is 4.90 Å². The normalized spacial score (nSPS) is 15.9. The van der Waals surface area contributed by atoms with Crippen molar-refractivity contribution in [3.05, 3.63) is 88.5 Å². The molecule has 1 saturated heterocycles. The lowest BCUT2D eigenvalue weighted by Gasteiger charge is -2.23. The van der Waals surface area contributed by atoms with E-state index < -0.39 is 0 Å². The van der Waals surface area contributed by atoms with Crippen LogP contribution in [-0.4, -0.2) is 27.7 Å². The summed E-state index contributed by atoms with van der Waals surface area (Å²) >= 11 is 6.75. The van der Waals surface area contributed by atoms with E-state index in [1.165, 1.54) is 11.8 Å². The molecule has 0 N–H and O–H groups in total. The van der Waals surface area contributed by atoms with Crippen molar-refractivity contribution in [1.29, 1.82) is 0 Å². The Morgan fingerprint density at radius 1 is 1.12 bits per heavy atom. The molecule has 1 atom stereocenters. The van der Waals surface area contributed by atoms with Gasteiger partial charge in [0.2, 0.25) is 0 Å². The number of furan rings is 1. The van der Waals surface area contributed by atoms with Crippen LogP contribution < -0.4 is 0 Å². The van der Waals surface area contributed by atoms with Crippen molar-refractivity contribution in [2.75, 3.05) is 6.61 Å². The molecule has 1 aliphatic heterocycles. The van der Waals surface area contributed by atoms with Crippen molar-refractivity contribution in [2.24, 2.45) is 0 Å². The maximum atomic E-state index is 13.0. The van der Waals surface area contributed by atoms with Gasteiger partial charge in [0.1, 0.15) is 15.8 Å². The van der Waals surface area contributed by atoms with Gasteiger partial charge in [0.05, 0.1) is 23.1 Å². The highest BCUT2D eigenvalue weighted by Gasteiger charge is 2.36. The lowest BCUT2D eigenvalue weighted by molar-refractivity contribution is -0.123. The molecule has 32 heavy (non-hydrogen) atoms. The number of nitrogens with zero attached hydrogens (tertiary/aromatic N) is 1. The van der Waals surface area contributed by atoms with E-state index in [1.807, 2.05) is 49.4 Å². The molecule has 3 aromatic rings. The van der Waals surface area contributed by atoms with E-state index in [1.54, 1.807) is 42.2 Å². The molecule has 1 aliphatic rings. The predicted molar refractivity (Wildman–Crippen MR) is 130 cm³/mol. The van der Waals surface area contributed by atoms with Gasteiger partial charge in [-0.1, -0.05) is 66.4 Å². The van der Waals surface area contributed by atoms with Crippen molar-refractivity contribution in [3.63, 3.8) is 0 Å². The Kier molecular flexibility index (Phi) is 6.58. The average Bonchev–Trinajstić information content (AvgIpc) is 3.38. The Bertz CT molecular complexity index is 1180. The van der Waals surface area contributed by atoms with Gasteiger partial charge in [0, 0.05) is 11.6 Å². The zero-order valence-electron chi connectivity index (χ0n) is 17.6. The first kappa shape index (κ1) is 22.0. The van der Waals surface area contributed by atoms with Crippen LogP contribution in [0.5, 0.6) is 0 Å². The van der Waals surface area contributed by atoms with E-state index in [2.05, 4.69) is 0 Å². The van der Waals surface area contributed by atoms with Gasteiger partial charge in [-0.2, -0.15) is 0 Å². The number of hydrogen-bond acceptors (Lipinski definition) is 6. The van der Waals surface area contributed by atoms with Crippen molar-refractivity contribution >= 4 is 46.3 Å². The SMILES string of the molecule is CCOC(=O)c1ccc(-c2ccc(C=C3SC(=S)N(C(C)c4ccccc4)C3=O)o2)cc1. The summed E-state index contributed by atoms with van der Waals surface area (Å²) in [5, 5.41) is 0. The van der Waals surface area contributed by atoms with Crippen LogP contribution in [0.1, 0.15) is 41.6 Å². The van der Waals surface area contributed by atoms with Crippen LogP contribution in [0.4, 0.5) is 0 Å². The largest absolute Gasteiger partial charge is 0.462 e. The summed E-state index contributed by atoms with van der Waals surface area (Å²) in [6.07, 6.45) is 1.72. The van der Waals surface area contributed by atoms with Crippen molar-refractivity contribution < 1.29 is 18.7 Å². The zero-order valence-corrected chi connectivity index (χ0v) is 19.2. The van der Waals surface area contributed by atoms with Crippen molar-refractivity contribution in [3.8, 4) is 11.3 Å². The molecule has 1 amide bonds. The van der Waals surface area contributed by atoms with Crippen LogP contribution in [-0.2, 0) is 9.53 Å². The zero-order chi connectivity index (χ0) is 22.7. The molecule has 4 rings (SSSR count). The van der Waals surface area contributed by atoms with E-state index in [0.29, 0.717) is 32.9 Å². The average molecular weight is 464 g/mol. The fourth-order valence-electron chi connectivity index (χ4n) is 3.39.